The van der Waals surface area contributed by atoms with Gasteiger partial charge in [0.05, 0.1) is 5.75 Å². The van der Waals surface area contributed by atoms with E-state index < -0.39 is 0 Å². The number of aromatic nitrogens is 3. The Bertz CT molecular complexity index is 1280. The molecular weight excluding hydrogens is 410 g/mol. The molecule has 6 heteroatoms. The first-order chi connectivity index (χ1) is 14.7. The minimum atomic E-state index is 0.148. The van der Waals surface area contributed by atoms with Crippen molar-refractivity contribution in [3.8, 4) is 0 Å². The van der Waals surface area contributed by atoms with Gasteiger partial charge in [0, 0.05) is 38.8 Å². The van der Waals surface area contributed by atoms with Crippen LogP contribution in [0.25, 0.3) is 21.1 Å². The Morgan fingerprint density at radius 2 is 2.10 bits per heavy atom. The summed E-state index contributed by atoms with van der Waals surface area (Å²) in [6, 6.07) is 7.98. The molecule has 0 aliphatic heterocycles. The molecule has 0 amide bonds. The van der Waals surface area contributed by atoms with E-state index in [-0.39, 0.29) is 5.78 Å². The Labute approximate surface area is 183 Å². The monoisotopic (exact) mass is 433 g/mol. The number of thiophene rings is 1. The normalized spacial score (nSPS) is 18.8. The molecule has 6 rings (SSSR count). The molecule has 4 nitrogen and oxygen atoms in total. The molecule has 0 radical (unpaired) electrons. The number of aromatic amines is 1. The average molecular weight is 434 g/mol. The van der Waals surface area contributed by atoms with Gasteiger partial charge >= 0.3 is 0 Å². The van der Waals surface area contributed by atoms with E-state index in [2.05, 4.69) is 11.9 Å². The van der Waals surface area contributed by atoms with Crippen molar-refractivity contribution < 1.29 is 4.79 Å². The Hall–Kier alpha value is -2.18. The van der Waals surface area contributed by atoms with Gasteiger partial charge in [-0.25, -0.2) is 9.97 Å². The number of para-hydroxylation sites is 1. The fraction of sp³-hybridized carbons (Fsp3) is 0.375. The zero-order valence-electron chi connectivity index (χ0n) is 16.9. The number of benzene rings is 1. The highest BCUT2D eigenvalue weighted by atomic mass is 32.2. The Balaban J connectivity index is 1.36. The van der Waals surface area contributed by atoms with Gasteiger partial charge in [0.25, 0.3) is 0 Å². The van der Waals surface area contributed by atoms with Crippen LogP contribution in [0.2, 0.25) is 0 Å². The van der Waals surface area contributed by atoms with Gasteiger partial charge in [-0.1, -0.05) is 36.9 Å². The van der Waals surface area contributed by atoms with Crippen molar-refractivity contribution in [2.45, 2.75) is 50.0 Å². The number of hydrogen-bond donors (Lipinski definition) is 1. The summed E-state index contributed by atoms with van der Waals surface area (Å²) >= 11 is 3.45. The predicted octanol–water partition coefficient (Wildman–Crippen LogP) is 6.15. The van der Waals surface area contributed by atoms with E-state index >= 15 is 0 Å². The fourth-order valence-corrected chi connectivity index (χ4v) is 6.87. The number of H-pyrrole nitrogens is 1. The molecule has 1 aromatic carbocycles. The van der Waals surface area contributed by atoms with Crippen LogP contribution in [0.1, 0.15) is 58.7 Å². The largest absolute Gasteiger partial charge is 0.360 e. The fourth-order valence-electron chi connectivity index (χ4n) is 4.47. The highest BCUT2D eigenvalue weighted by Gasteiger charge is 2.30. The zero-order chi connectivity index (χ0) is 20.2. The molecule has 0 unspecified atom stereocenters. The van der Waals surface area contributed by atoms with Crippen LogP contribution in [0.4, 0.5) is 0 Å². The molecule has 0 spiro atoms. The summed E-state index contributed by atoms with van der Waals surface area (Å²) < 4.78 is 0. The highest BCUT2D eigenvalue weighted by Crippen LogP contribution is 2.44. The van der Waals surface area contributed by atoms with Gasteiger partial charge in [0.15, 0.2) is 5.78 Å². The number of carbonyl (C=O) groups is 1. The molecule has 3 aromatic heterocycles. The van der Waals surface area contributed by atoms with Gasteiger partial charge in [-0.05, 0) is 49.7 Å². The lowest BCUT2D eigenvalue weighted by Crippen LogP contribution is -2.09. The van der Waals surface area contributed by atoms with Crippen LogP contribution < -0.4 is 0 Å². The topological polar surface area (TPSA) is 58.6 Å². The summed E-state index contributed by atoms with van der Waals surface area (Å²) in [5, 5.41) is 3.24. The maximum atomic E-state index is 13.0. The van der Waals surface area contributed by atoms with Crippen LogP contribution in [0.5, 0.6) is 0 Å². The maximum absolute atomic E-state index is 13.0. The Morgan fingerprint density at radius 3 is 2.97 bits per heavy atom. The molecule has 1 fully saturated rings. The standard InChI is InChI=1S/C24H23N3OS2/c1-13-6-9-16-20(10-13)30-24-21(16)23(26-22(27-24)14-7-8-14)29-12-19(28)17-11-25-18-5-3-2-4-15(17)18/h2-5,11,13-14,25H,6-10,12H2,1H3/t13-/m1/s1. The van der Waals surface area contributed by atoms with E-state index in [0.29, 0.717) is 11.7 Å². The summed E-state index contributed by atoms with van der Waals surface area (Å²) in [4.78, 5) is 28.8. The molecule has 1 saturated carbocycles. The SMILES string of the molecule is C[C@@H]1CCc2c(sc3nc(C4CC4)nc(SCC(=O)c4c[nH]c5ccccc45)c23)C1. The quantitative estimate of drug-likeness (QED) is 0.233. The summed E-state index contributed by atoms with van der Waals surface area (Å²) in [6.45, 7) is 2.34. The van der Waals surface area contributed by atoms with Gasteiger partial charge < -0.3 is 4.98 Å². The van der Waals surface area contributed by atoms with Gasteiger partial charge in [-0.3, -0.25) is 4.79 Å². The lowest BCUT2D eigenvalue weighted by molar-refractivity contribution is 0.102. The molecule has 152 valence electrons. The molecule has 3 heterocycles. The van der Waals surface area contributed by atoms with Crippen LogP contribution in [0.3, 0.4) is 0 Å². The number of carbonyl (C=O) groups excluding carboxylic acids is 1. The van der Waals surface area contributed by atoms with Crippen LogP contribution >= 0.6 is 23.1 Å². The molecule has 1 atom stereocenters. The number of thioether (sulfide) groups is 1. The minimum absolute atomic E-state index is 0.148. The van der Waals surface area contributed by atoms with Crippen LogP contribution in [0, 0.1) is 5.92 Å². The van der Waals surface area contributed by atoms with E-state index in [1.165, 1.54) is 35.1 Å². The molecule has 1 N–H and O–H groups in total. The minimum Gasteiger partial charge on any atom is -0.360 e. The van der Waals surface area contributed by atoms with E-state index in [1.807, 2.05) is 41.8 Å². The molecule has 2 aliphatic carbocycles. The second-order valence-electron chi connectivity index (χ2n) is 8.65. The number of ketones is 1. The van der Waals surface area contributed by atoms with Gasteiger partial charge in [-0.15, -0.1) is 11.3 Å². The van der Waals surface area contributed by atoms with Crippen molar-refractivity contribution in [1.29, 1.82) is 0 Å². The smallest absolute Gasteiger partial charge is 0.175 e. The summed E-state index contributed by atoms with van der Waals surface area (Å²) in [5.41, 5.74) is 3.22. The van der Waals surface area contributed by atoms with Crippen molar-refractivity contribution in [2.75, 3.05) is 5.75 Å². The number of fused-ring (bicyclic) bond motifs is 4. The second kappa shape index (κ2) is 7.20. The third kappa shape index (κ3) is 3.17. The summed E-state index contributed by atoms with van der Waals surface area (Å²) in [5.74, 6) is 2.78. The van der Waals surface area contributed by atoms with Crippen molar-refractivity contribution >= 4 is 50.0 Å². The van der Waals surface area contributed by atoms with Gasteiger partial charge in [-0.2, -0.15) is 0 Å². The maximum Gasteiger partial charge on any atom is 0.175 e. The number of nitrogens with one attached hydrogen (secondary N) is 1. The van der Waals surface area contributed by atoms with E-state index in [9.17, 15) is 4.79 Å². The van der Waals surface area contributed by atoms with E-state index in [0.717, 1.165) is 50.9 Å². The lowest BCUT2D eigenvalue weighted by atomic mass is 9.89. The molecule has 2 aliphatic rings. The molecule has 0 saturated heterocycles. The third-order valence-corrected chi connectivity index (χ3v) is 8.43. The van der Waals surface area contributed by atoms with Crippen LogP contribution in [-0.4, -0.2) is 26.5 Å². The Kier molecular flexibility index (Phi) is 4.46. The number of rotatable bonds is 5. The summed E-state index contributed by atoms with van der Waals surface area (Å²) in [6.07, 6.45) is 7.69. The first-order valence-corrected chi connectivity index (χ1v) is 12.5. The lowest BCUT2D eigenvalue weighted by Gasteiger charge is -2.18. The van der Waals surface area contributed by atoms with Crippen LogP contribution in [-0.2, 0) is 12.8 Å². The predicted molar refractivity (Wildman–Crippen MR) is 124 cm³/mol. The average Bonchev–Trinajstić information content (AvgIpc) is 3.41. The summed E-state index contributed by atoms with van der Waals surface area (Å²) in [7, 11) is 0. The highest BCUT2D eigenvalue weighted by molar-refractivity contribution is 8.00. The van der Waals surface area contributed by atoms with Crippen molar-refractivity contribution in [1.82, 2.24) is 15.0 Å². The molecule has 4 aromatic rings. The van der Waals surface area contributed by atoms with Crippen LogP contribution in [0.15, 0.2) is 35.5 Å². The van der Waals surface area contributed by atoms with Gasteiger partial charge in [0.2, 0.25) is 0 Å². The first kappa shape index (κ1) is 18.6. The van der Waals surface area contributed by atoms with Crippen molar-refractivity contribution in [2.24, 2.45) is 5.92 Å². The number of hydrogen-bond acceptors (Lipinski definition) is 5. The number of Topliss-reactive ketones (excluding diaryl/α,β-unsaturated/α-hetero) is 1. The Morgan fingerprint density at radius 1 is 1.23 bits per heavy atom. The van der Waals surface area contributed by atoms with E-state index in [4.69, 9.17) is 9.97 Å². The zero-order valence-corrected chi connectivity index (χ0v) is 18.5. The van der Waals surface area contributed by atoms with E-state index in [1.54, 1.807) is 11.8 Å². The second-order valence-corrected chi connectivity index (χ2v) is 10.7. The third-order valence-electron chi connectivity index (χ3n) is 6.31. The molecular formula is C24H23N3OS2. The number of aryl methyl sites for hydroxylation is 1. The van der Waals surface area contributed by atoms with Crippen molar-refractivity contribution in [3.05, 3.63) is 52.3 Å². The molecule has 0 bridgehead atoms. The molecule has 30 heavy (non-hydrogen) atoms. The van der Waals surface area contributed by atoms with Gasteiger partial charge in [0.1, 0.15) is 15.7 Å². The number of nitrogens with zero attached hydrogens (tertiary/aromatic N) is 2. The van der Waals surface area contributed by atoms with Crippen molar-refractivity contribution in [3.63, 3.8) is 0 Å². The first-order valence-electron chi connectivity index (χ1n) is 10.7.